The van der Waals surface area contributed by atoms with Gasteiger partial charge in [-0.1, -0.05) is 36.0 Å². The highest BCUT2D eigenvalue weighted by atomic mass is 33.6. The van der Waals surface area contributed by atoms with Crippen LogP contribution in [0.1, 0.15) is 0 Å². The molecular weight excluding hydrogens is 336 g/mol. The quantitative estimate of drug-likeness (QED) is 0.641. The monoisotopic (exact) mass is 346 g/mol. The minimum Gasteiger partial charge on any atom is -0.298 e. The third-order valence-corrected chi connectivity index (χ3v) is 13.6. The topological polar surface area (TPSA) is 74.6 Å². The second kappa shape index (κ2) is 5.28. The van der Waals surface area contributed by atoms with Crippen LogP contribution in [0, 0.1) is 0 Å². The van der Waals surface area contributed by atoms with Gasteiger partial charge in [-0.3, -0.25) is 9.11 Å². The van der Waals surface area contributed by atoms with Gasteiger partial charge >= 0.3 is 0 Å². The van der Waals surface area contributed by atoms with Crippen LogP contribution in [0.3, 0.4) is 0 Å². The summed E-state index contributed by atoms with van der Waals surface area (Å²) in [5, 5.41) is 0. The maximum atomic E-state index is 12.0. The summed E-state index contributed by atoms with van der Waals surface area (Å²) in [6.45, 7) is 0. The van der Waals surface area contributed by atoms with Gasteiger partial charge in [0.15, 0.2) is 0 Å². The van der Waals surface area contributed by atoms with E-state index in [0.29, 0.717) is 9.79 Å². The SMILES string of the molecule is O=S(O)S1(S(=O)O)c2ccccc2Sc2ccccc21. The van der Waals surface area contributed by atoms with Crippen molar-refractivity contribution in [1.29, 1.82) is 0 Å². The molecule has 20 heavy (non-hydrogen) atoms. The molecule has 0 aromatic heterocycles. The van der Waals surface area contributed by atoms with Crippen LogP contribution < -0.4 is 0 Å². The van der Waals surface area contributed by atoms with Crippen LogP contribution in [0.15, 0.2) is 68.1 Å². The van der Waals surface area contributed by atoms with Gasteiger partial charge in [-0.15, -0.1) is 0 Å². The van der Waals surface area contributed by atoms with Gasteiger partial charge in [0.05, 0.1) is 0 Å². The molecule has 0 radical (unpaired) electrons. The van der Waals surface area contributed by atoms with E-state index in [1.165, 1.54) is 11.8 Å². The Morgan fingerprint density at radius 3 is 1.60 bits per heavy atom. The zero-order valence-electron chi connectivity index (χ0n) is 9.96. The zero-order chi connectivity index (χ0) is 14.3. The van der Waals surface area contributed by atoms with E-state index in [-0.39, 0.29) is 0 Å². The molecule has 2 aromatic rings. The molecule has 1 aliphatic rings. The molecule has 2 aromatic carbocycles. The first-order valence-electron chi connectivity index (χ1n) is 5.50. The lowest BCUT2D eigenvalue weighted by Crippen LogP contribution is -2.17. The minimum atomic E-state index is -2.91. The first kappa shape index (κ1) is 14.3. The molecule has 0 amide bonds. The van der Waals surface area contributed by atoms with Gasteiger partial charge in [-0.2, -0.15) is 0 Å². The number of rotatable bonds is 2. The van der Waals surface area contributed by atoms with Gasteiger partial charge in [0.2, 0.25) is 20.2 Å². The Bertz CT molecular complexity index is 669. The van der Waals surface area contributed by atoms with Gasteiger partial charge in [-0.05, 0) is 24.3 Å². The Balaban J connectivity index is 2.44. The Hall–Kier alpha value is -0.640. The molecule has 0 saturated heterocycles. The van der Waals surface area contributed by atoms with E-state index in [4.69, 9.17) is 0 Å². The van der Waals surface area contributed by atoms with E-state index >= 15 is 0 Å². The minimum absolute atomic E-state index is 0.491. The van der Waals surface area contributed by atoms with Crippen molar-refractivity contribution in [3.05, 3.63) is 48.5 Å². The molecule has 2 N–H and O–H groups in total. The molecule has 106 valence electrons. The zero-order valence-corrected chi connectivity index (χ0v) is 13.2. The van der Waals surface area contributed by atoms with E-state index in [2.05, 4.69) is 0 Å². The predicted octanol–water partition coefficient (Wildman–Crippen LogP) is 3.65. The lowest BCUT2D eigenvalue weighted by atomic mass is 10.3. The second-order valence-corrected chi connectivity index (χ2v) is 13.1. The highest BCUT2D eigenvalue weighted by Gasteiger charge is 2.46. The summed E-state index contributed by atoms with van der Waals surface area (Å²) in [6.07, 6.45) is 0. The van der Waals surface area contributed by atoms with Gasteiger partial charge in [0.25, 0.3) is 0 Å². The highest BCUT2D eigenvalue weighted by Crippen LogP contribution is 2.73. The van der Waals surface area contributed by atoms with Crippen molar-refractivity contribution >= 4 is 40.1 Å². The van der Waals surface area contributed by atoms with Crippen LogP contribution in [0.25, 0.3) is 0 Å². The number of fused-ring (bicyclic) bond motifs is 2. The Labute approximate surface area is 125 Å². The van der Waals surface area contributed by atoms with Gasteiger partial charge < -0.3 is 0 Å². The van der Waals surface area contributed by atoms with Gasteiger partial charge in [-0.25, -0.2) is 8.42 Å². The lowest BCUT2D eigenvalue weighted by molar-refractivity contribution is 0.575. The fourth-order valence-corrected chi connectivity index (χ4v) is 11.5. The molecule has 1 heterocycles. The number of benzene rings is 2. The van der Waals surface area contributed by atoms with Crippen molar-refractivity contribution < 1.29 is 17.5 Å². The van der Waals surface area contributed by atoms with Gasteiger partial charge in [0.1, 0.15) is 0 Å². The first-order chi connectivity index (χ1) is 9.58. The Morgan fingerprint density at radius 2 is 1.20 bits per heavy atom. The number of hydrogen-bond donors (Lipinski definition) is 2. The summed E-state index contributed by atoms with van der Waals surface area (Å²) < 4.78 is 43.7. The maximum Gasteiger partial charge on any atom is 0.219 e. The standard InChI is InChI=1S/C12H10O4S4/c13-18(14)20(19(15)16)11-7-3-1-5-9(11)17-10-6-2-4-8-12(10)20/h1-8H,(H,13,14)(H,15,16). The summed E-state index contributed by atoms with van der Waals surface area (Å²) in [6, 6.07) is 14.0. The summed E-state index contributed by atoms with van der Waals surface area (Å²) >= 11 is 1.45. The summed E-state index contributed by atoms with van der Waals surface area (Å²) in [4.78, 5) is 2.49. The Morgan fingerprint density at radius 1 is 0.800 bits per heavy atom. The van der Waals surface area contributed by atoms with E-state index < -0.39 is 28.3 Å². The molecule has 4 nitrogen and oxygen atoms in total. The largest absolute Gasteiger partial charge is 0.298 e. The van der Waals surface area contributed by atoms with Crippen LogP contribution in [0.5, 0.6) is 0 Å². The average molecular weight is 346 g/mol. The fourth-order valence-electron chi connectivity index (χ4n) is 2.11. The summed E-state index contributed by atoms with van der Waals surface area (Å²) in [5.41, 5.74) is 0. The van der Waals surface area contributed by atoms with Crippen LogP contribution in [-0.2, 0) is 20.2 Å². The van der Waals surface area contributed by atoms with Crippen molar-refractivity contribution in [3.63, 3.8) is 0 Å². The summed E-state index contributed by atoms with van der Waals surface area (Å²) in [5.74, 6) is 0. The molecule has 1 aliphatic heterocycles. The van der Waals surface area contributed by atoms with Crippen LogP contribution >= 0.6 is 19.9 Å². The molecule has 2 atom stereocenters. The molecule has 0 saturated carbocycles. The maximum absolute atomic E-state index is 12.0. The molecule has 0 spiro atoms. The van der Waals surface area contributed by atoms with E-state index in [0.717, 1.165) is 9.79 Å². The van der Waals surface area contributed by atoms with Crippen LogP contribution in [0.2, 0.25) is 0 Å². The van der Waals surface area contributed by atoms with E-state index in [1.807, 2.05) is 12.1 Å². The fraction of sp³-hybridized carbons (Fsp3) is 0. The van der Waals surface area contributed by atoms with Crippen LogP contribution in [-0.4, -0.2) is 17.5 Å². The molecule has 8 heteroatoms. The van der Waals surface area contributed by atoms with Crippen LogP contribution in [0.4, 0.5) is 0 Å². The van der Waals surface area contributed by atoms with Crippen molar-refractivity contribution in [2.24, 2.45) is 0 Å². The lowest BCUT2D eigenvalue weighted by Gasteiger charge is -2.38. The third kappa shape index (κ3) is 1.91. The second-order valence-electron chi connectivity index (χ2n) is 3.93. The Kier molecular flexibility index (Phi) is 3.78. The number of hydrogen-bond acceptors (Lipinski definition) is 3. The predicted molar refractivity (Wildman–Crippen MR) is 82.7 cm³/mol. The van der Waals surface area contributed by atoms with E-state index in [9.17, 15) is 17.5 Å². The van der Waals surface area contributed by atoms with Crippen molar-refractivity contribution in [1.82, 2.24) is 0 Å². The van der Waals surface area contributed by atoms with E-state index in [1.54, 1.807) is 36.4 Å². The normalized spacial score (nSPS) is 20.3. The molecule has 0 bridgehead atoms. The molecular formula is C12H10O4S4. The molecule has 0 aliphatic carbocycles. The average Bonchev–Trinajstić information content (AvgIpc) is 2.43. The molecule has 2 unspecified atom stereocenters. The van der Waals surface area contributed by atoms with Crippen molar-refractivity contribution in [3.8, 4) is 0 Å². The van der Waals surface area contributed by atoms with Gasteiger partial charge in [0, 0.05) is 27.7 Å². The first-order valence-corrected chi connectivity index (χ1v) is 11.2. The molecule has 0 fully saturated rings. The third-order valence-electron chi connectivity index (χ3n) is 2.90. The smallest absolute Gasteiger partial charge is 0.219 e. The molecule has 3 rings (SSSR count). The van der Waals surface area contributed by atoms with Crippen molar-refractivity contribution in [2.45, 2.75) is 19.6 Å². The summed E-state index contributed by atoms with van der Waals surface area (Å²) in [7, 11) is -7.80. The van der Waals surface area contributed by atoms with Crippen molar-refractivity contribution in [2.75, 3.05) is 0 Å². The highest BCUT2D eigenvalue weighted by molar-refractivity contribution is 9.16.